The van der Waals surface area contributed by atoms with Crippen molar-refractivity contribution in [2.24, 2.45) is 0 Å². The molecule has 0 spiro atoms. The summed E-state index contributed by atoms with van der Waals surface area (Å²) >= 11 is 0. The second kappa shape index (κ2) is 9.01. The Morgan fingerprint density at radius 2 is 2.11 bits per heavy atom. The fraction of sp³-hybridized carbons (Fsp3) is 0.529. The summed E-state index contributed by atoms with van der Waals surface area (Å²) in [6.45, 7) is 4.42. The van der Waals surface area contributed by atoms with Crippen LogP contribution in [0.25, 0.3) is 0 Å². The van der Waals surface area contributed by atoms with Crippen molar-refractivity contribution in [3.63, 3.8) is 0 Å². The van der Waals surface area contributed by atoms with E-state index in [0.717, 1.165) is 23.7 Å². The maximum Gasteiger partial charge on any atom is 0.269 e. The summed E-state index contributed by atoms with van der Waals surface area (Å²) in [5, 5.41) is 5.80. The summed E-state index contributed by atoms with van der Waals surface area (Å²) in [6, 6.07) is 4.16. The summed E-state index contributed by atoms with van der Waals surface area (Å²) in [5.41, 5.74) is 0.322. The zero-order valence-corrected chi connectivity index (χ0v) is 16.7. The zero-order chi connectivity index (χ0) is 18.7. The second-order valence-electron chi connectivity index (χ2n) is 6.30. The van der Waals surface area contributed by atoms with Gasteiger partial charge >= 0.3 is 0 Å². The number of carbonyl (C=O) groups is 2. The predicted molar refractivity (Wildman–Crippen MR) is 102 cm³/mol. The number of carbonyl (C=O) groups excluding carboxylic acids is 2. The van der Waals surface area contributed by atoms with Crippen LogP contribution in [-0.2, 0) is 14.8 Å². The van der Waals surface area contributed by atoms with Gasteiger partial charge in [0.25, 0.3) is 21.8 Å². The molecule has 0 aromatic heterocycles. The molecule has 150 valence electrons. The molecule has 8 nitrogen and oxygen atoms in total. The van der Waals surface area contributed by atoms with Crippen LogP contribution in [0.15, 0.2) is 23.1 Å². The molecular formula is C17H24ClN3O5S. The number of benzene rings is 1. The number of hydrogen-bond acceptors (Lipinski definition) is 6. The quantitative estimate of drug-likeness (QED) is 0.635. The largest absolute Gasteiger partial charge is 0.376 e. The molecule has 2 heterocycles. The normalized spacial score (nSPS) is 20.3. The molecule has 10 heteroatoms. The number of ether oxygens (including phenoxy) is 1. The number of sulfonamides is 1. The topological polar surface area (TPSA) is 105 Å². The van der Waals surface area contributed by atoms with Gasteiger partial charge in [-0.1, -0.05) is 6.92 Å². The van der Waals surface area contributed by atoms with Crippen molar-refractivity contribution in [2.75, 3.05) is 32.8 Å². The molecule has 0 aliphatic carbocycles. The molecule has 2 aliphatic heterocycles. The molecule has 2 N–H and O–H groups in total. The van der Waals surface area contributed by atoms with Gasteiger partial charge < -0.3 is 15.4 Å². The van der Waals surface area contributed by atoms with Crippen molar-refractivity contribution in [1.29, 1.82) is 0 Å². The number of rotatable bonds is 7. The SMILES string of the molecule is CCNCCNC(=O)c1ccc2c(c1)S(=O)(=O)N(CC1CCCO1)C2=O.Cl. The fourth-order valence-electron chi connectivity index (χ4n) is 3.11. The molecule has 1 aromatic rings. The van der Waals surface area contributed by atoms with Crippen LogP contribution in [0.1, 0.15) is 40.5 Å². The number of nitrogens with zero attached hydrogens (tertiary/aromatic N) is 1. The minimum atomic E-state index is -3.96. The lowest BCUT2D eigenvalue weighted by Crippen LogP contribution is -2.36. The van der Waals surface area contributed by atoms with Crippen LogP contribution < -0.4 is 10.6 Å². The lowest BCUT2D eigenvalue weighted by atomic mass is 10.1. The van der Waals surface area contributed by atoms with E-state index in [0.29, 0.717) is 19.7 Å². The van der Waals surface area contributed by atoms with Gasteiger partial charge in [-0.2, -0.15) is 0 Å². The molecule has 1 atom stereocenters. The number of fused-ring (bicyclic) bond motifs is 1. The number of nitrogens with one attached hydrogen (secondary N) is 2. The van der Waals surface area contributed by atoms with Gasteiger partial charge in [0, 0.05) is 25.3 Å². The first-order valence-corrected chi connectivity index (χ1v) is 10.2. The zero-order valence-electron chi connectivity index (χ0n) is 15.1. The Kier molecular flexibility index (Phi) is 7.21. The molecule has 1 saturated heterocycles. The van der Waals surface area contributed by atoms with Crippen molar-refractivity contribution in [3.05, 3.63) is 29.3 Å². The summed E-state index contributed by atoms with van der Waals surface area (Å²) in [4.78, 5) is 24.6. The summed E-state index contributed by atoms with van der Waals surface area (Å²) < 4.78 is 31.8. The maximum absolute atomic E-state index is 12.8. The summed E-state index contributed by atoms with van der Waals surface area (Å²) in [6.07, 6.45) is 1.32. The lowest BCUT2D eigenvalue weighted by molar-refractivity contribution is 0.0707. The first kappa shape index (κ1) is 21.6. The van der Waals surface area contributed by atoms with Crippen LogP contribution in [-0.4, -0.2) is 63.4 Å². The molecule has 1 unspecified atom stereocenters. The third-order valence-corrected chi connectivity index (χ3v) is 6.29. The van der Waals surface area contributed by atoms with E-state index >= 15 is 0 Å². The average Bonchev–Trinajstić information content (AvgIpc) is 3.20. The predicted octanol–water partition coefficient (Wildman–Crippen LogP) is 0.771. The van der Waals surface area contributed by atoms with E-state index in [1.165, 1.54) is 18.2 Å². The fourth-order valence-corrected chi connectivity index (χ4v) is 4.74. The Hall–Kier alpha value is -1.68. The minimum Gasteiger partial charge on any atom is -0.376 e. The molecule has 1 aromatic carbocycles. The van der Waals surface area contributed by atoms with E-state index in [-0.39, 0.29) is 47.0 Å². The van der Waals surface area contributed by atoms with Gasteiger partial charge in [-0.3, -0.25) is 9.59 Å². The van der Waals surface area contributed by atoms with Gasteiger partial charge in [0.05, 0.1) is 18.2 Å². The molecular weight excluding hydrogens is 394 g/mol. The van der Waals surface area contributed by atoms with Crippen LogP contribution in [0.4, 0.5) is 0 Å². The second-order valence-corrected chi connectivity index (χ2v) is 8.13. The number of hydrogen-bond donors (Lipinski definition) is 2. The van der Waals surface area contributed by atoms with Gasteiger partial charge in [-0.15, -0.1) is 12.4 Å². The highest BCUT2D eigenvalue weighted by Gasteiger charge is 2.43. The third kappa shape index (κ3) is 4.43. The van der Waals surface area contributed by atoms with E-state index in [4.69, 9.17) is 4.74 Å². The minimum absolute atomic E-state index is 0. The summed E-state index contributed by atoms with van der Waals surface area (Å²) in [5.74, 6) is -0.930. The van der Waals surface area contributed by atoms with E-state index in [9.17, 15) is 18.0 Å². The van der Waals surface area contributed by atoms with Gasteiger partial charge in [0.15, 0.2) is 0 Å². The molecule has 2 amide bonds. The van der Waals surface area contributed by atoms with Gasteiger partial charge in [-0.05, 0) is 37.6 Å². The Balaban J connectivity index is 0.00000261. The van der Waals surface area contributed by atoms with Crippen molar-refractivity contribution in [2.45, 2.75) is 30.8 Å². The first-order valence-electron chi connectivity index (χ1n) is 8.76. The molecule has 27 heavy (non-hydrogen) atoms. The molecule has 1 fully saturated rings. The van der Waals surface area contributed by atoms with Crippen LogP contribution in [0.2, 0.25) is 0 Å². The molecule has 2 aliphatic rings. The molecule has 0 saturated carbocycles. The van der Waals surface area contributed by atoms with Gasteiger partial charge in [0.1, 0.15) is 4.90 Å². The van der Waals surface area contributed by atoms with Gasteiger partial charge in [-0.25, -0.2) is 12.7 Å². The Morgan fingerprint density at radius 3 is 2.78 bits per heavy atom. The van der Waals surface area contributed by atoms with Crippen LogP contribution in [0, 0.1) is 0 Å². The van der Waals surface area contributed by atoms with Gasteiger partial charge in [0.2, 0.25) is 0 Å². The molecule has 0 bridgehead atoms. The number of halogens is 1. The van der Waals surface area contributed by atoms with Crippen molar-refractivity contribution in [3.8, 4) is 0 Å². The highest BCUT2D eigenvalue weighted by atomic mass is 35.5. The first-order chi connectivity index (χ1) is 12.4. The van der Waals surface area contributed by atoms with E-state index < -0.39 is 15.9 Å². The van der Waals surface area contributed by atoms with Crippen LogP contribution in [0.3, 0.4) is 0 Å². The Labute approximate surface area is 165 Å². The Morgan fingerprint density at radius 1 is 1.33 bits per heavy atom. The number of amides is 2. The van der Waals surface area contributed by atoms with E-state index in [2.05, 4.69) is 10.6 Å². The standard InChI is InChI=1S/C17H23N3O5S.ClH/c1-2-18-7-8-19-16(21)12-5-6-14-15(10-12)26(23,24)20(17(14)22)11-13-4-3-9-25-13;/h5-6,10,13,18H,2-4,7-9,11H2,1H3,(H,19,21);1H. The smallest absolute Gasteiger partial charge is 0.269 e. The molecule has 0 radical (unpaired) electrons. The summed E-state index contributed by atoms with van der Waals surface area (Å²) in [7, 11) is -3.96. The average molecular weight is 418 g/mol. The monoisotopic (exact) mass is 417 g/mol. The maximum atomic E-state index is 12.8. The van der Waals surface area contributed by atoms with Crippen molar-refractivity contribution in [1.82, 2.24) is 14.9 Å². The van der Waals surface area contributed by atoms with E-state index in [1.807, 2.05) is 6.92 Å². The van der Waals surface area contributed by atoms with Crippen molar-refractivity contribution >= 4 is 34.2 Å². The highest BCUT2D eigenvalue weighted by molar-refractivity contribution is 7.90. The molecule has 3 rings (SSSR count). The number of likely N-dealkylation sites (N-methyl/N-ethyl adjacent to an activating group) is 1. The van der Waals surface area contributed by atoms with Crippen LogP contribution >= 0.6 is 12.4 Å². The lowest BCUT2D eigenvalue weighted by Gasteiger charge is -2.18. The Bertz CT molecular complexity index is 809. The highest BCUT2D eigenvalue weighted by Crippen LogP contribution is 2.32. The van der Waals surface area contributed by atoms with Crippen molar-refractivity contribution < 1.29 is 22.7 Å². The van der Waals surface area contributed by atoms with Crippen LogP contribution in [0.5, 0.6) is 0 Å². The van der Waals surface area contributed by atoms with E-state index in [1.54, 1.807) is 0 Å². The third-order valence-electron chi connectivity index (χ3n) is 4.50.